The van der Waals surface area contributed by atoms with E-state index < -0.39 is 124 Å². The van der Waals surface area contributed by atoms with Crippen molar-refractivity contribution in [1.82, 2.24) is 5.32 Å². The number of amides is 1. The highest BCUT2D eigenvalue weighted by atomic mass is 16.8. The Morgan fingerprint density at radius 1 is 0.451 bits per heavy atom. The van der Waals surface area contributed by atoms with Gasteiger partial charge in [-0.15, -0.1) is 0 Å². The molecule has 0 saturated carbocycles. The Bertz CT molecular complexity index is 1780. The fourth-order valence-corrected chi connectivity index (χ4v) is 10.1. The van der Waals surface area contributed by atoms with Crippen molar-refractivity contribution in [1.29, 1.82) is 0 Å². The average Bonchev–Trinajstić information content (AvgIpc) is 3.40. The van der Waals surface area contributed by atoms with Crippen LogP contribution in [0.4, 0.5) is 0 Å². The van der Waals surface area contributed by atoms with Gasteiger partial charge in [0.2, 0.25) is 5.91 Å². The minimum atomic E-state index is -1.99. The molecule has 3 aliphatic heterocycles. The standard InChI is InChI=1S/C63H109NO18/c1-3-5-7-9-11-13-15-17-19-20-21-22-23-24-25-27-28-30-32-34-36-38-40-47(68)46(64-51(69)41-39-37-35-33-31-29-26-18-16-14-12-10-8-6-4-2)45-77-61-57(75)54(72)59(49(43-66)79-61)82-63-58(76)55(73)60(50(44-67)80-63)81-62-56(74)53(71)52(70)48(42-65)78-62/h6,8,12,14,18,26,30-33,38,40,46-50,52-63,65-68,70-76H,3-5,7,9-11,13,15-17,19-25,27-29,34-37,39,41-45H2,1-2H3,(H,64,69)/b8-6-,14-12-,26-18-,32-30+,33-31-,40-38+. The number of rotatable bonds is 45. The number of unbranched alkanes of at least 4 members (excludes halogenated alkanes) is 19. The lowest BCUT2D eigenvalue weighted by atomic mass is 9.96. The van der Waals surface area contributed by atoms with Gasteiger partial charge in [0, 0.05) is 6.42 Å². The van der Waals surface area contributed by atoms with Crippen molar-refractivity contribution in [3.8, 4) is 0 Å². The van der Waals surface area contributed by atoms with E-state index in [4.69, 9.17) is 28.4 Å². The lowest BCUT2D eigenvalue weighted by molar-refractivity contribution is -0.379. The Kier molecular flexibility index (Phi) is 40.8. The number of aliphatic hydroxyl groups is 11. The van der Waals surface area contributed by atoms with E-state index in [0.717, 1.165) is 57.8 Å². The van der Waals surface area contributed by atoms with Crippen molar-refractivity contribution in [2.24, 2.45) is 0 Å². The molecule has 3 rings (SSSR count). The van der Waals surface area contributed by atoms with Crippen molar-refractivity contribution in [2.45, 2.75) is 291 Å². The molecular weight excluding hydrogens is 1060 g/mol. The predicted molar refractivity (Wildman–Crippen MR) is 314 cm³/mol. The number of nitrogens with one attached hydrogen (secondary N) is 1. The van der Waals surface area contributed by atoms with E-state index in [-0.39, 0.29) is 18.9 Å². The molecule has 0 aromatic carbocycles. The number of aliphatic hydroxyl groups excluding tert-OH is 11. The molecular formula is C63H109NO18. The molecule has 19 heteroatoms. The Hall–Kier alpha value is -2.77. The summed E-state index contributed by atoms with van der Waals surface area (Å²) in [5.74, 6) is -0.328. The van der Waals surface area contributed by atoms with Crippen LogP contribution in [0.1, 0.15) is 187 Å². The summed E-state index contributed by atoms with van der Waals surface area (Å²) in [7, 11) is 0. The summed E-state index contributed by atoms with van der Waals surface area (Å²) >= 11 is 0. The molecule has 3 saturated heterocycles. The Balaban J connectivity index is 1.51. The second-order valence-corrected chi connectivity index (χ2v) is 22.1. The van der Waals surface area contributed by atoms with Gasteiger partial charge in [0.25, 0.3) is 0 Å². The first-order valence-corrected chi connectivity index (χ1v) is 31.2. The van der Waals surface area contributed by atoms with Crippen LogP contribution in [-0.4, -0.2) is 193 Å². The van der Waals surface area contributed by atoms with Crippen molar-refractivity contribution >= 4 is 5.91 Å². The summed E-state index contributed by atoms with van der Waals surface area (Å²) in [4.78, 5) is 13.3. The lowest BCUT2D eigenvalue weighted by Gasteiger charge is -2.48. The predicted octanol–water partition coefficient (Wildman–Crippen LogP) is 6.21. The highest BCUT2D eigenvalue weighted by molar-refractivity contribution is 5.76. The third-order valence-corrected chi connectivity index (χ3v) is 15.2. The summed E-state index contributed by atoms with van der Waals surface area (Å²) in [6.45, 7) is 1.55. The summed E-state index contributed by atoms with van der Waals surface area (Å²) in [6.07, 6.45) is 27.5. The van der Waals surface area contributed by atoms with Gasteiger partial charge in [-0.3, -0.25) is 4.79 Å². The van der Waals surface area contributed by atoms with Gasteiger partial charge >= 0.3 is 0 Å². The van der Waals surface area contributed by atoms with E-state index in [0.29, 0.717) is 12.8 Å². The van der Waals surface area contributed by atoms with Gasteiger partial charge in [-0.1, -0.05) is 183 Å². The SMILES string of the molecule is CC/C=C\C/C=C\C/C=C\C/C=C\CCCCC(=O)NC(COC1OC(CO)C(OC2OC(CO)C(OC3OC(CO)C(O)C(O)C3O)C(O)C2O)C(O)C1O)C(O)/C=C/CC/C=C/CCCCCCCCCCCCCCCCCC. The van der Waals surface area contributed by atoms with Gasteiger partial charge in [0.15, 0.2) is 18.9 Å². The van der Waals surface area contributed by atoms with Crippen LogP contribution in [0.15, 0.2) is 72.9 Å². The average molecular weight is 1170 g/mol. The number of ether oxygens (including phenoxy) is 6. The summed E-state index contributed by atoms with van der Waals surface area (Å²) in [5.41, 5.74) is 0. The van der Waals surface area contributed by atoms with Crippen LogP contribution in [0, 0.1) is 0 Å². The molecule has 0 bridgehead atoms. The van der Waals surface area contributed by atoms with Crippen molar-refractivity contribution in [3.63, 3.8) is 0 Å². The van der Waals surface area contributed by atoms with Crippen LogP contribution >= 0.6 is 0 Å². The van der Waals surface area contributed by atoms with Crippen LogP contribution < -0.4 is 5.32 Å². The fraction of sp³-hybridized carbons (Fsp3) is 0.794. The molecule has 12 N–H and O–H groups in total. The maximum atomic E-state index is 13.3. The van der Waals surface area contributed by atoms with Gasteiger partial charge in [0.05, 0.1) is 38.6 Å². The zero-order valence-electron chi connectivity index (χ0n) is 49.4. The van der Waals surface area contributed by atoms with E-state index in [2.05, 4.69) is 79.9 Å². The highest BCUT2D eigenvalue weighted by Gasteiger charge is 2.53. The smallest absolute Gasteiger partial charge is 0.220 e. The third kappa shape index (κ3) is 28.6. The molecule has 0 aromatic heterocycles. The van der Waals surface area contributed by atoms with E-state index >= 15 is 0 Å². The highest BCUT2D eigenvalue weighted by Crippen LogP contribution is 2.33. The molecule has 3 heterocycles. The molecule has 17 unspecified atom stereocenters. The zero-order valence-corrected chi connectivity index (χ0v) is 49.4. The van der Waals surface area contributed by atoms with Gasteiger partial charge in [-0.2, -0.15) is 0 Å². The van der Waals surface area contributed by atoms with Crippen LogP contribution in [0.3, 0.4) is 0 Å². The largest absolute Gasteiger partial charge is 0.394 e. The molecule has 82 heavy (non-hydrogen) atoms. The van der Waals surface area contributed by atoms with Gasteiger partial charge in [-0.25, -0.2) is 0 Å². The number of allylic oxidation sites excluding steroid dienone is 11. The molecule has 3 aliphatic rings. The monoisotopic (exact) mass is 1170 g/mol. The molecule has 3 fully saturated rings. The first kappa shape index (κ1) is 73.5. The summed E-state index contributed by atoms with van der Waals surface area (Å²) < 4.78 is 34.2. The Labute approximate surface area is 489 Å². The van der Waals surface area contributed by atoms with E-state index in [1.165, 1.54) is 96.3 Å². The molecule has 474 valence electrons. The van der Waals surface area contributed by atoms with Crippen LogP contribution in [0.25, 0.3) is 0 Å². The molecule has 0 aromatic rings. The van der Waals surface area contributed by atoms with E-state index in [9.17, 15) is 61.0 Å². The second-order valence-electron chi connectivity index (χ2n) is 22.1. The van der Waals surface area contributed by atoms with Crippen LogP contribution in [0.5, 0.6) is 0 Å². The molecule has 0 aliphatic carbocycles. The normalized spacial score (nSPS) is 30.1. The number of carbonyl (C=O) groups excluding carboxylic acids is 1. The van der Waals surface area contributed by atoms with E-state index in [1.807, 2.05) is 6.08 Å². The van der Waals surface area contributed by atoms with Gasteiger partial charge in [-0.05, 0) is 70.6 Å². The Morgan fingerprint density at radius 2 is 0.854 bits per heavy atom. The number of hydrogen-bond donors (Lipinski definition) is 12. The zero-order chi connectivity index (χ0) is 59.7. The van der Waals surface area contributed by atoms with Crippen LogP contribution in [0.2, 0.25) is 0 Å². The minimum Gasteiger partial charge on any atom is -0.394 e. The van der Waals surface area contributed by atoms with E-state index in [1.54, 1.807) is 6.08 Å². The fourth-order valence-electron chi connectivity index (χ4n) is 10.1. The molecule has 0 radical (unpaired) electrons. The van der Waals surface area contributed by atoms with Crippen molar-refractivity contribution < 1.29 is 89.4 Å². The first-order valence-electron chi connectivity index (χ1n) is 31.2. The summed E-state index contributed by atoms with van der Waals surface area (Å²) in [6, 6.07) is -1.01. The third-order valence-electron chi connectivity index (χ3n) is 15.2. The Morgan fingerprint density at radius 3 is 1.37 bits per heavy atom. The van der Waals surface area contributed by atoms with Crippen molar-refractivity contribution in [2.75, 3.05) is 26.4 Å². The molecule has 0 spiro atoms. The topological polar surface area (TPSA) is 307 Å². The van der Waals surface area contributed by atoms with Gasteiger partial charge in [0.1, 0.15) is 73.2 Å². The number of carbonyl (C=O) groups is 1. The lowest BCUT2D eigenvalue weighted by Crippen LogP contribution is -2.66. The maximum Gasteiger partial charge on any atom is 0.220 e. The second kappa shape index (κ2) is 45.5. The van der Waals surface area contributed by atoms with Gasteiger partial charge < -0.3 is 89.9 Å². The molecule has 17 atom stereocenters. The quantitative estimate of drug-likeness (QED) is 0.0238. The van der Waals surface area contributed by atoms with Crippen LogP contribution in [-0.2, 0) is 33.2 Å². The van der Waals surface area contributed by atoms with Crippen molar-refractivity contribution in [3.05, 3.63) is 72.9 Å². The maximum absolute atomic E-state index is 13.3. The molecule has 1 amide bonds. The first-order chi connectivity index (χ1) is 39.8. The minimum absolute atomic E-state index is 0.180. The summed E-state index contributed by atoms with van der Waals surface area (Å²) in [5, 5.41) is 120. The molecule has 19 nitrogen and oxygen atoms in total. The number of hydrogen-bond acceptors (Lipinski definition) is 18.